The smallest absolute Gasteiger partial charge is 0.304 e. The van der Waals surface area contributed by atoms with Crippen LogP contribution in [-0.2, 0) is 10.2 Å². The molecular weight excluding hydrogens is 228 g/mol. The molecule has 1 aliphatic rings. The topological polar surface area (TPSA) is 57.5 Å². The minimum Gasteiger partial charge on any atom is -0.508 e. The molecule has 0 heterocycles. The summed E-state index contributed by atoms with van der Waals surface area (Å²) in [4.78, 5) is 11.0. The molecule has 0 saturated heterocycles. The summed E-state index contributed by atoms with van der Waals surface area (Å²) in [5, 5.41) is 21.1. The zero-order valence-electron chi connectivity index (χ0n) is 9.89. The van der Waals surface area contributed by atoms with Gasteiger partial charge in [0.15, 0.2) is 0 Å². The Bertz CT molecular complexity index is 627. The molecule has 2 aromatic carbocycles. The van der Waals surface area contributed by atoms with Crippen LogP contribution in [0.4, 0.5) is 0 Å². The van der Waals surface area contributed by atoms with Gasteiger partial charge in [0.05, 0.1) is 6.42 Å². The third-order valence-corrected chi connectivity index (χ3v) is 3.78. The van der Waals surface area contributed by atoms with Crippen molar-refractivity contribution in [3.05, 3.63) is 42.0 Å². The number of hydrogen-bond acceptors (Lipinski definition) is 2. The van der Waals surface area contributed by atoms with Crippen LogP contribution < -0.4 is 0 Å². The fraction of sp³-hybridized carbons (Fsp3) is 0.267. The molecule has 0 amide bonds. The third-order valence-electron chi connectivity index (χ3n) is 3.78. The first-order valence-electron chi connectivity index (χ1n) is 6.05. The van der Waals surface area contributed by atoms with Crippen molar-refractivity contribution in [1.29, 1.82) is 0 Å². The molecule has 1 aliphatic carbocycles. The second kappa shape index (κ2) is 3.73. The van der Waals surface area contributed by atoms with Crippen molar-refractivity contribution in [3.8, 4) is 5.75 Å². The number of phenols is 1. The molecule has 1 fully saturated rings. The Labute approximate surface area is 105 Å². The Balaban J connectivity index is 2.22. The molecule has 0 unspecified atom stereocenters. The van der Waals surface area contributed by atoms with Crippen molar-refractivity contribution in [2.75, 3.05) is 0 Å². The van der Waals surface area contributed by atoms with E-state index in [1.54, 1.807) is 6.07 Å². The van der Waals surface area contributed by atoms with Crippen molar-refractivity contribution >= 4 is 16.7 Å². The summed E-state index contributed by atoms with van der Waals surface area (Å²) in [6.45, 7) is 0. The minimum atomic E-state index is -0.806. The maximum atomic E-state index is 11.0. The summed E-state index contributed by atoms with van der Waals surface area (Å²) in [5.74, 6) is -0.590. The number of hydrogen-bond donors (Lipinski definition) is 2. The van der Waals surface area contributed by atoms with Gasteiger partial charge in [0.1, 0.15) is 5.75 Å². The van der Waals surface area contributed by atoms with E-state index in [0.717, 1.165) is 29.2 Å². The lowest BCUT2D eigenvalue weighted by Gasteiger charge is -2.17. The number of aromatic hydroxyl groups is 1. The number of carboxylic acids is 1. The zero-order valence-corrected chi connectivity index (χ0v) is 9.89. The maximum Gasteiger partial charge on any atom is 0.304 e. The number of carboxylic acid groups (broad SMARTS) is 1. The van der Waals surface area contributed by atoms with Crippen molar-refractivity contribution < 1.29 is 15.0 Å². The van der Waals surface area contributed by atoms with Crippen molar-refractivity contribution in [2.45, 2.75) is 24.7 Å². The van der Waals surface area contributed by atoms with E-state index in [2.05, 4.69) is 0 Å². The van der Waals surface area contributed by atoms with Crippen LogP contribution in [0.2, 0.25) is 0 Å². The predicted octanol–water partition coefficient (Wildman–Crippen LogP) is 3.05. The standard InChI is InChI=1S/C15H14O3/c16-12-6-5-10-3-1-2-4-11(10)14(12)15(7-8-15)9-13(17)18/h1-6,16H,7-9H2,(H,17,18). The average molecular weight is 242 g/mol. The number of aliphatic carboxylic acids is 1. The second-order valence-electron chi connectivity index (χ2n) is 5.03. The van der Waals surface area contributed by atoms with Crippen LogP contribution in [0, 0.1) is 0 Å². The van der Waals surface area contributed by atoms with E-state index in [4.69, 9.17) is 5.11 Å². The summed E-state index contributed by atoms with van der Waals surface area (Å²) < 4.78 is 0. The van der Waals surface area contributed by atoms with Crippen LogP contribution in [0.25, 0.3) is 10.8 Å². The van der Waals surface area contributed by atoms with Crippen molar-refractivity contribution in [1.82, 2.24) is 0 Å². The molecule has 0 bridgehead atoms. The summed E-state index contributed by atoms with van der Waals surface area (Å²) in [5.41, 5.74) is 0.444. The molecule has 0 radical (unpaired) electrons. The minimum absolute atomic E-state index is 0.0918. The van der Waals surface area contributed by atoms with Gasteiger partial charge < -0.3 is 10.2 Å². The highest BCUT2D eigenvalue weighted by atomic mass is 16.4. The van der Waals surface area contributed by atoms with Crippen LogP contribution in [0.15, 0.2) is 36.4 Å². The zero-order chi connectivity index (χ0) is 12.8. The Morgan fingerprint density at radius 3 is 2.56 bits per heavy atom. The van der Waals surface area contributed by atoms with Gasteiger partial charge in [-0.2, -0.15) is 0 Å². The molecule has 1 saturated carbocycles. The Hall–Kier alpha value is -2.03. The highest BCUT2D eigenvalue weighted by Gasteiger charge is 2.48. The van der Waals surface area contributed by atoms with E-state index in [-0.39, 0.29) is 17.6 Å². The molecule has 0 aromatic heterocycles. The van der Waals surface area contributed by atoms with E-state index in [9.17, 15) is 9.90 Å². The molecule has 0 atom stereocenters. The molecule has 0 spiro atoms. The van der Waals surface area contributed by atoms with Gasteiger partial charge in [-0.15, -0.1) is 0 Å². The maximum absolute atomic E-state index is 11.0. The van der Waals surface area contributed by atoms with Gasteiger partial charge in [-0.1, -0.05) is 30.3 Å². The SMILES string of the molecule is O=C(O)CC1(c2c(O)ccc3ccccc23)CC1. The summed E-state index contributed by atoms with van der Waals surface area (Å²) in [6.07, 6.45) is 1.76. The number of rotatable bonds is 3. The lowest BCUT2D eigenvalue weighted by Crippen LogP contribution is -2.13. The highest BCUT2D eigenvalue weighted by Crippen LogP contribution is 2.55. The lowest BCUT2D eigenvalue weighted by molar-refractivity contribution is -0.137. The monoisotopic (exact) mass is 242 g/mol. The summed E-state index contributed by atoms with van der Waals surface area (Å²) in [7, 11) is 0. The van der Waals surface area contributed by atoms with Gasteiger partial charge in [0.2, 0.25) is 0 Å². The summed E-state index contributed by atoms with van der Waals surface area (Å²) >= 11 is 0. The number of fused-ring (bicyclic) bond motifs is 1. The van der Waals surface area contributed by atoms with E-state index < -0.39 is 5.97 Å². The van der Waals surface area contributed by atoms with Gasteiger partial charge in [-0.25, -0.2) is 0 Å². The molecule has 0 aliphatic heterocycles. The largest absolute Gasteiger partial charge is 0.508 e. The lowest BCUT2D eigenvalue weighted by atomic mass is 9.87. The van der Waals surface area contributed by atoms with E-state index >= 15 is 0 Å². The van der Waals surface area contributed by atoms with Crippen LogP contribution >= 0.6 is 0 Å². The van der Waals surface area contributed by atoms with Crippen molar-refractivity contribution in [3.63, 3.8) is 0 Å². The molecule has 3 heteroatoms. The molecule has 2 N–H and O–H groups in total. The van der Waals surface area contributed by atoms with Gasteiger partial charge >= 0.3 is 5.97 Å². The Morgan fingerprint density at radius 2 is 1.89 bits per heavy atom. The third kappa shape index (κ3) is 1.63. The van der Waals surface area contributed by atoms with Crippen LogP contribution in [-0.4, -0.2) is 16.2 Å². The van der Waals surface area contributed by atoms with Gasteiger partial charge in [-0.05, 0) is 29.7 Å². The molecule has 3 nitrogen and oxygen atoms in total. The predicted molar refractivity (Wildman–Crippen MR) is 68.8 cm³/mol. The molecule has 2 aromatic rings. The molecule has 3 rings (SSSR count). The van der Waals surface area contributed by atoms with Gasteiger partial charge in [0, 0.05) is 11.0 Å². The first kappa shape index (κ1) is 11.1. The number of benzene rings is 2. The van der Waals surface area contributed by atoms with E-state index in [1.165, 1.54) is 0 Å². The second-order valence-corrected chi connectivity index (χ2v) is 5.03. The fourth-order valence-electron chi connectivity index (χ4n) is 2.77. The van der Waals surface area contributed by atoms with Crippen molar-refractivity contribution in [2.24, 2.45) is 0 Å². The van der Waals surface area contributed by atoms with Crippen LogP contribution in [0.1, 0.15) is 24.8 Å². The normalized spacial score (nSPS) is 16.7. The molecular formula is C15H14O3. The quantitative estimate of drug-likeness (QED) is 0.869. The van der Waals surface area contributed by atoms with Gasteiger partial charge in [0.25, 0.3) is 0 Å². The first-order chi connectivity index (χ1) is 8.62. The van der Waals surface area contributed by atoms with Crippen LogP contribution in [0.5, 0.6) is 5.75 Å². The van der Waals surface area contributed by atoms with E-state index in [1.807, 2.05) is 30.3 Å². The average Bonchev–Trinajstić information content (AvgIpc) is 3.08. The highest BCUT2D eigenvalue weighted by molar-refractivity contribution is 5.90. The first-order valence-corrected chi connectivity index (χ1v) is 6.05. The van der Waals surface area contributed by atoms with Crippen LogP contribution in [0.3, 0.4) is 0 Å². The van der Waals surface area contributed by atoms with Gasteiger partial charge in [-0.3, -0.25) is 4.79 Å². The fourth-order valence-corrected chi connectivity index (χ4v) is 2.77. The number of carbonyl (C=O) groups is 1. The number of phenolic OH excluding ortho intramolecular Hbond substituents is 1. The molecule has 18 heavy (non-hydrogen) atoms. The van der Waals surface area contributed by atoms with E-state index in [0.29, 0.717) is 0 Å². The Kier molecular flexibility index (Phi) is 2.30. The molecule has 92 valence electrons. The summed E-state index contributed by atoms with van der Waals surface area (Å²) in [6, 6.07) is 11.3. The Morgan fingerprint density at radius 1 is 1.17 bits per heavy atom.